The van der Waals surface area contributed by atoms with Crippen LogP contribution in [0.1, 0.15) is 40.0 Å². The number of nitrogens with zero attached hydrogens (tertiary/aromatic N) is 1. The van der Waals surface area contributed by atoms with Crippen LogP contribution >= 0.6 is 0 Å². The third-order valence-electron chi connectivity index (χ3n) is 3.58. The van der Waals surface area contributed by atoms with Crippen molar-refractivity contribution in [3.63, 3.8) is 0 Å². The number of amides is 1. The zero-order valence-electron chi connectivity index (χ0n) is 12.5. The molecule has 0 unspecified atom stereocenters. The molecule has 1 aromatic rings. The summed E-state index contributed by atoms with van der Waals surface area (Å²) in [6, 6.07) is 4.95. The summed E-state index contributed by atoms with van der Waals surface area (Å²) in [6.45, 7) is 7.32. The number of carbonyl (C=O) groups excluding carboxylic acids is 1. The Bertz CT molecular complexity index is 488. The molecule has 2 rings (SSSR count). The fourth-order valence-electron chi connectivity index (χ4n) is 2.29. The number of benzene rings is 1. The first-order valence-electron chi connectivity index (χ1n) is 7.24. The molecule has 1 aliphatic heterocycles. The van der Waals surface area contributed by atoms with E-state index in [1.165, 1.54) is 12.5 Å². The van der Waals surface area contributed by atoms with Crippen molar-refractivity contribution >= 4 is 17.3 Å². The molecule has 3 nitrogen and oxygen atoms in total. The van der Waals surface area contributed by atoms with Crippen LogP contribution in [-0.2, 0) is 4.79 Å². The summed E-state index contributed by atoms with van der Waals surface area (Å²) < 4.78 is 14.2. The standard InChI is InChI=1S/C16H23FN2O/c1-16(2,3)15(20)18-12-7-8-14(13(17)11-12)19-9-5-4-6-10-19/h7-8,11H,4-6,9-10H2,1-3H3,(H,18,20). The Kier molecular flexibility index (Phi) is 4.31. The Balaban J connectivity index is 2.11. The highest BCUT2D eigenvalue weighted by molar-refractivity contribution is 5.94. The van der Waals surface area contributed by atoms with Crippen LogP contribution in [-0.4, -0.2) is 19.0 Å². The molecule has 0 radical (unpaired) electrons. The van der Waals surface area contributed by atoms with Crippen molar-refractivity contribution in [2.75, 3.05) is 23.3 Å². The van der Waals surface area contributed by atoms with Crippen LogP contribution < -0.4 is 10.2 Å². The van der Waals surface area contributed by atoms with Crippen LogP contribution in [0.2, 0.25) is 0 Å². The Hall–Kier alpha value is -1.58. The smallest absolute Gasteiger partial charge is 0.229 e. The molecule has 1 fully saturated rings. The molecule has 0 spiro atoms. The molecule has 0 aliphatic carbocycles. The zero-order chi connectivity index (χ0) is 14.8. The molecule has 1 aromatic carbocycles. The second-order valence-electron chi connectivity index (χ2n) is 6.42. The van der Waals surface area contributed by atoms with Gasteiger partial charge >= 0.3 is 0 Å². The highest BCUT2D eigenvalue weighted by Crippen LogP contribution is 2.26. The van der Waals surface area contributed by atoms with Gasteiger partial charge in [0, 0.05) is 24.2 Å². The lowest BCUT2D eigenvalue weighted by molar-refractivity contribution is -0.123. The van der Waals surface area contributed by atoms with E-state index >= 15 is 0 Å². The molecule has 1 saturated heterocycles. The number of hydrogen-bond donors (Lipinski definition) is 1. The van der Waals surface area contributed by atoms with Crippen molar-refractivity contribution in [2.24, 2.45) is 5.41 Å². The van der Waals surface area contributed by atoms with Crippen LogP contribution in [0.25, 0.3) is 0 Å². The van der Waals surface area contributed by atoms with Gasteiger partial charge in [-0.15, -0.1) is 0 Å². The van der Waals surface area contributed by atoms with Gasteiger partial charge in [-0.3, -0.25) is 4.79 Å². The molecule has 1 N–H and O–H groups in total. The molecule has 1 amide bonds. The van der Waals surface area contributed by atoms with Gasteiger partial charge < -0.3 is 10.2 Å². The first kappa shape index (κ1) is 14.8. The van der Waals surface area contributed by atoms with Crippen LogP contribution in [0.15, 0.2) is 18.2 Å². The van der Waals surface area contributed by atoms with Crippen molar-refractivity contribution < 1.29 is 9.18 Å². The van der Waals surface area contributed by atoms with E-state index in [4.69, 9.17) is 0 Å². The average Bonchev–Trinajstić information content (AvgIpc) is 2.38. The molecule has 0 bridgehead atoms. The number of anilines is 2. The van der Waals surface area contributed by atoms with Crippen molar-refractivity contribution in [2.45, 2.75) is 40.0 Å². The maximum absolute atomic E-state index is 14.2. The SMILES string of the molecule is CC(C)(C)C(=O)Nc1ccc(N2CCCCC2)c(F)c1. The number of piperidine rings is 1. The maximum atomic E-state index is 14.2. The average molecular weight is 278 g/mol. The molecule has 0 aromatic heterocycles. The highest BCUT2D eigenvalue weighted by atomic mass is 19.1. The Morgan fingerprint density at radius 1 is 1.20 bits per heavy atom. The van der Waals surface area contributed by atoms with E-state index in [1.54, 1.807) is 12.1 Å². The fraction of sp³-hybridized carbons (Fsp3) is 0.562. The normalized spacial score (nSPS) is 16.1. The summed E-state index contributed by atoms with van der Waals surface area (Å²) >= 11 is 0. The summed E-state index contributed by atoms with van der Waals surface area (Å²) in [7, 11) is 0. The van der Waals surface area contributed by atoms with Gasteiger partial charge in [0.2, 0.25) is 5.91 Å². The van der Waals surface area contributed by atoms with Crippen LogP contribution in [0, 0.1) is 11.2 Å². The Labute approximate surface area is 120 Å². The van der Waals surface area contributed by atoms with Gasteiger partial charge in [-0.2, -0.15) is 0 Å². The lowest BCUT2D eigenvalue weighted by Gasteiger charge is -2.29. The van der Waals surface area contributed by atoms with Gasteiger partial charge in [-0.05, 0) is 37.5 Å². The zero-order valence-corrected chi connectivity index (χ0v) is 12.5. The third-order valence-corrected chi connectivity index (χ3v) is 3.58. The van der Waals surface area contributed by atoms with Crippen molar-refractivity contribution in [1.29, 1.82) is 0 Å². The van der Waals surface area contributed by atoms with Crippen molar-refractivity contribution in [3.05, 3.63) is 24.0 Å². The molecule has 1 heterocycles. The van der Waals surface area contributed by atoms with Gasteiger partial charge in [-0.1, -0.05) is 20.8 Å². The van der Waals surface area contributed by atoms with Gasteiger partial charge in [0.15, 0.2) is 0 Å². The molecular weight excluding hydrogens is 255 g/mol. The summed E-state index contributed by atoms with van der Waals surface area (Å²) in [5.41, 5.74) is 0.670. The summed E-state index contributed by atoms with van der Waals surface area (Å²) in [4.78, 5) is 14.0. The second kappa shape index (κ2) is 5.81. The monoisotopic (exact) mass is 278 g/mol. The van der Waals surface area contributed by atoms with Crippen LogP contribution in [0.3, 0.4) is 0 Å². The molecule has 1 aliphatic rings. The topological polar surface area (TPSA) is 32.3 Å². The minimum atomic E-state index is -0.484. The summed E-state index contributed by atoms with van der Waals surface area (Å²) in [5.74, 6) is -0.374. The van der Waals surface area contributed by atoms with E-state index < -0.39 is 5.41 Å². The number of nitrogens with one attached hydrogen (secondary N) is 1. The van der Waals surface area contributed by atoms with E-state index in [1.807, 2.05) is 20.8 Å². The minimum absolute atomic E-state index is 0.109. The third kappa shape index (κ3) is 3.50. The molecule has 0 atom stereocenters. The Morgan fingerprint density at radius 2 is 1.85 bits per heavy atom. The molecule has 20 heavy (non-hydrogen) atoms. The van der Waals surface area contributed by atoms with Crippen LogP contribution in [0.5, 0.6) is 0 Å². The van der Waals surface area contributed by atoms with E-state index in [9.17, 15) is 9.18 Å². The molecule has 0 saturated carbocycles. The molecule has 110 valence electrons. The Morgan fingerprint density at radius 3 is 2.40 bits per heavy atom. The van der Waals surface area contributed by atoms with E-state index in [0.29, 0.717) is 11.4 Å². The quantitative estimate of drug-likeness (QED) is 0.892. The van der Waals surface area contributed by atoms with E-state index in [-0.39, 0.29) is 11.7 Å². The van der Waals surface area contributed by atoms with Gasteiger partial charge in [0.25, 0.3) is 0 Å². The molecular formula is C16H23FN2O. The number of halogens is 1. The fourth-order valence-corrected chi connectivity index (χ4v) is 2.29. The first-order valence-corrected chi connectivity index (χ1v) is 7.24. The largest absolute Gasteiger partial charge is 0.369 e. The lowest BCUT2D eigenvalue weighted by Crippen LogP contribution is -2.30. The summed E-state index contributed by atoms with van der Waals surface area (Å²) in [5, 5.41) is 2.76. The van der Waals surface area contributed by atoms with Gasteiger partial charge in [0.05, 0.1) is 5.69 Å². The predicted molar refractivity (Wildman–Crippen MR) is 80.5 cm³/mol. The van der Waals surface area contributed by atoms with Crippen molar-refractivity contribution in [1.82, 2.24) is 0 Å². The number of hydrogen-bond acceptors (Lipinski definition) is 2. The summed E-state index contributed by atoms with van der Waals surface area (Å²) in [6.07, 6.45) is 3.45. The minimum Gasteiger partial charge on any atom is -0.369 e. The highest BCUT2D eigenvalue weighted by Gasteiger charge is 2.22. The second-order valence-corrected chi connectivity index (χ2v) is 6.42. The van der Waals surface area contributed by atoms with Gasteiger partial charge in [-0.25, -0.2) is 4.39 Å². The van der Waals surface area contributed by atoms with Gasteiger partial charge in [0.1, 0.15) is 5.82 Å². The number of rotatable bonds is 2. The van der Waals surface area contributed by atoms with Crippen LogP contribution in [0.4, 0.5) is 15.8 Å². The van der Waals surface area contributed by atoms with E-state index in [0.717, 1.165) is 25.9 Å². The number of carbonyl (C=O) groups is 1. The molecule has 4 heteroatoms. The lowest BCUT2D eigenvalue weighted by atomic mass is 9.95. The predicted octanol–water partition coefficient (Wildman–Crippen LogP) is 3.80. The maximum Gasteiger partial charge on any atom is 0.229 e. The first-order chi connectivity index (χ1) is 9.38. The van der Waals surface area contributed by atoms with E-state index in [2.05, 4.69) is 10.2 Å². The van der Waals surface area contributed by atoms with Crippen molar-refractivity contribution in [3.8, 4) is 0 Å².